The van der Waals surface area contributed by atoms with Gasteiger partial charge in [0.15, 0.2) is 9.84 Å². The van der Waals surface area contributed by atoms with Crippen molar-refractivity contribution >= 4 is 32.8 Å². The lowest BCUT2D eigenvalue weighted by Crippen LogP contribution is -2.17. The molecule has 1 aromatic heterocycles. The molecule has 3 aromatic rings. The van der Waals surface area contributed by atoms with E-state index in [1.54, 1.807) is 41.2 Å². The summed E-state index contributed by atoms with van der Waals surface area (Å²) in [5.41, 5.74) is 0.636. The van der Waals surface area contributed by atoms with E-state index in [1.807, 2.05) is 7.05 Å². The first-order valence-corrected chi connectivity index (χ1v) is 10.4. The van der Waals surface area contributed by atoms with Gasteiger partial charge < -0.3 is 9.88 Å². The van der Waals surface area contributed by atoms with Crippen LogP contribution in [0.3, 0.4) is 0 Å². The molecule has 28 heavy (non-hydrogen) atoms. The number of anilines is 1. The summed E-state index contributed by atoms with van der Waals surface area (Å²) >= 11 is 5.97. The van der Waals surface area contributed by atoms with E-state index in [1.165, 1.54) is 12.1 Å². The fourth-order valence-electron chi connectivity index (χ4n) is 2.78. The van der Waals surface area contributed by atoms with E-state index in [0.717, 1.165) is 17.9 Å². The molecular weight excluding hydrogens is 404 g/mol. The number of halogens is 1. The molecular formula is C18H17ClN4O4S. The molecule has 0 saturated carbocycles. The van der Waals surface area contributed by atoms with E-state index >= 15 is 0 Å². The number of nitro benzene ring substituents is 1. The quantitative estimate of drug-likeness (QED) is 0.482. The van der Waals surface area contributed by atoms with Gasteiger partial charge in [-0.1, -0.05) is 23.7 Å². The van der Waals surface area contributed by atoms with Gasteiger partial charge in [0.25, 0.3) is 5.69 Å². The second kappa shape index (κ2) is 7.61. The minimum atomic E-state index is -3.57. The zero-order valence-electron chi connectivity index (χ0n) is 15.0. The van der Waals surface area contributed by atoms with Crippen molar-refractivity contribution in [3.05, 3.63) is 81.4 Å². The third-order valence-electron chi connectivity index (χ3n) is 4.21. The average Bonchev–Trinajstić information content (AvgIpc) is 3.05. The molecule has 1 atom stereocenters. The molecule has 0 saturated heterocycles. The number of nitrogens with one attached hydrogen (secondary N) is 1. The van der Waals surface area contributed by atoms with Crippen LogP contribution in [0, 0.1) is 10.1 Å². The highest BCUT2D eigenvalue weighted by Gasteiger charge is 2.24. The minimum Gasteiger partial charge on any atom is -0.366 e. The first-order chi connectivity index (χ1) is 13.2. The van der Waals surface area contributed by atoms with E-state index in [9.17, 15) is 18.5 Å². The standard InChI is InChI=1S/C18H17ClN4O4S/c1-22-10-9-20-18(22)17(12-3-5-13(19)6-4-12)21-15-8-7-14(28(2,26)27)11-16(15)23(24)25/h3-11,17,21H,1-2H3/t17-/m0/s1. The maximum Gasteiger partial charge on any atom is 0.293 e. The molecule has 1 N–H and O–H groups in total. The van der Waals surface area contributed by atoms with Gasteiger partial charge in [-0.2, -0.15) is 0 Å². The summed E-state index contributed by atoms with van der Waals surface area (Å²) in [6, 6.07) is 10.3. The van der Waals surface area contributed by atoms with Gasteiger partial charge in [-0.3, -0.25) is 10.1 Å². The number of hydrogen-bond acceptors (Lipinski definition) is 6. The molecule has 0 unspecified atom stereocenters. The Morgan fingerprint density at radius 2 is 1.89 bits per heavy atom. The van der Waals surface area contributed by atoms with E-state index in [2.05, 4.69) is 10.3 Å². The molecule has 2 aromatic carbocycles. The molecule has 10 heteroatoms. The van der Waals surface area contributed by atoms with Gasteiger partial charge in [0.2, 0.25) is 0 Å². The molecule has 8 nitrogen and oxygen atoms in total. The molecule has 0 aliphatic heterocycles. The van der Waals surface area contributed by atoms with Crippen LogP contribution in [0.5, 0.6) is 0 Å². The Bertz CT molecular complexity index is 1130. The number of hydrogen-bond donors (Lipinski definition) is 1. The molecule has 0 fully saturated rings. The number of nitro groups is 1. The maximum absolute atomic E-state index is 11.8. The van der Waals surface area contributed by atoms with Crippen molar-refractivity contribution in [1.82, 2.24) is 9.55 Å². The highest BCUT2D eigenvalue weighted by atomic mass is 35.5. The zero-order chi connectivity index (χ0) is 20.5. The van der Waals surface area contributed by atoms with Crippen LogP contribution in [-0.2, 0) is 16.9 Å². The number of benzene rings is 2. The highest BCUT2D eigenvalue weighted by molar-refractivity contribution is 7.90. The van der Waals surface area contributed by atoms with Crippen LogP contribution in [0.25, 0.3) is 0 Å². The normalized spacial score (nSPS) is 12.5. The number of aryl methyl sites for hydroxylation is 1. The Kier molecular flexibility index (Phi) is 5.39. The predicted molar refractivity (Wildman–Crippen MR) is 106 cm³/mol. The Balaban J connectivity index is 2.10. The van der Waals surface area contributed by atoms with Gasteiger partial charge in [0, 0.05) is 36.8 Å². The second-order valence-electron chi connectivity index (χ2n) is 6.23. The highest BCUT2D eigenvalue weighted by Crippen LogP contribution is 2.33. The molecule has 0 amide bonds. The van der Waals surface area contributed by atoms with Crippen molar-refractivity contribution in [2.45, 2.75) is 10.9 Å². The van der Waals surface area contributed by atoms with Gasteiger partial charge >= 0.3 is 0 Å². The fraction of sp³-hybridized carbons (Fsp3) is 0.167. The molecule has 0 radical (unpaired) electrons. The van der Waals surface area contributed by atoms with Crippen LogP contribution < -0.4 is 5.32 Å². The minimum absolute atomic E-state index is 0.121. The van der Waals surface area contributed by atoms with Gasteiger partial charge in [-0.15, -0.1) is 0 Å². The summed E-state index contributed by atoms with van der Waals surface area (Å²) in [6.07, 6.45) is 4.39. The lowest BCUT2D eigenvalue weighted by Gasteiger charge is -2.20. The first kappa shape index (κ1) is 19.8. The van der Waals surface area contributed by atoms with E-state index in [4.69, 9.17) is 11.6 Å². The van der Waals surface area contributed by atoms with Crippen LogP contribution in [-0.4, -0.2) is 29.1 Å². The van der Waals surface area contributed by atoms with Gasteiger partial charge in [-0.25, -0.2) is 13.4 Å². The monoisotopic (exact) mass is 420 g/mol. The Labute approximate surface area is 166 Å². The summed E-state index contributed by atoms with van der Waals surface area (Å²) in [5.74, 6) is 0.629. The van der Waals surface area contributed by atoms with Crippen LogP contribution in [0.2, 0.25) is 5.02 Å². The molecule has 146 valence electrons. The van der Waals surface area contributed by atoms with Crippen LogP contribution >= 0.6 is 11.6 Å². The van der Waals surface area contributed by atoms with Gasteiger partial charge in [0.05, 0.1) is 9.82 Å². The van der Waals surface area contributed by atoms with Crippen molar-refractivity contribution in [2.24, 2.45) is 7.05 Å². The molecule has 0 bridgehead atoms. The summed E-state index contributed by atoms with van der Waals surface area (Å²) < 4.78 is 25.3. The van der Waals surface area contributed by atoms with E-state index in [-0.39, 0.29) is 16.3 Å². The van der Waals surface area contributed by atoms with Crippen LogP contribution in [0.15, 0.2) is 59.8 Å². The zero-order valence-corrected chi connectivity index (χ0v) is 16.6. The number of rotatable bonds is 6. The lowest BCUT2D eigenvalue weighted by atomic mass is 10.1. The largest absolute Gasteiger partial charge is 0.366 e. The summed E-state index contributed by atoms with van der Waals surface area (Å²) in [6.45, 7) is 0. The molecule has 1 heterocycles. The Morgan fingerprint density at radius 1 is 1.21 bits per heavy atom. The number of imidazole rings is 1. The number of sulfone groups is 1. The summed E-state index contributed by atoms with van der Waals surface area (Å²) in [5, 5.41) is 15.2. The van der Waals surface area contributed by atoms with Gasteiger partial charge in [-0.05, 0) is 29.8 Å². The smallest absolute Gasteiger partial charge is 0.293 e. The van der Waals surface area contributed by atoms with Crippen LogP contribution in [0.1, 0.15) is 17.4 Å². The Hall–Kier alpha value is -2.91. The van der Waals surface area contributed by atoms with Crippen LogP contribution in [0.4, 0.5) is 11.4 Å². The number of aromatic nitrogens is 2. The number of nitrogens with zero attached hydrogens (tertiary/aromatic N) is 3. The summed E-state index contributed by atoms with van der Waals surface area (Å²) in [4.78, 5) is 15.2. The second-order valence-corrected chi connectivity index (χ2v) is 8.69. The SMILES string of the molecule is Cn1ccnc1[C@@H](Nc1ccc(S(C)(=O)=O)cc1[N+](=O)[O-])c1ccc(Cl)cc1. The van der Waals surface area contributed by atoms with E-state index in [0.29, 0.717) is 10.8 Å². The Morgan fingerprint density at radius 3 is 2.43 bits per heavy atom. The predicted octanol–water partition coefficient (Wildman–Crippen LogP) is 3.59. The molecule has 3 rings (SSSR count). The topological polar surface area (TPSA) is 107 Å². The molecule has 0 aliphatic rings. The first-order valence-electron chi connectivity index (χ1n) is 8.14. The maximum atomic E-state index is 11.8. The molecule has 0 spiro atoms. The third kappa shape index (κ3) is 4.15. The lowest BCUT2D eigenvalue weighted by molar-refractivity contribution is -0.384. The van der Waals surface area contributed by atoms with Crippen molar-refractivity contribution in [3.8, 4) is 0 Å². The van der Waals surface area contributed by atoms with Crippen molar-refractivity contribution in [2.75, 3.05) is 11.6 Å². The van der Waals surface area contributed by atoms with Crippen molar-refractivity contribution < 1.29 is 13.3 Å². The molecule has 0 aliphatic carbocycles. The fourth-order valence-corrected chi connectivity index (χ4v) is 3.55. The summed E-state index contributed by atoms with van der Waals surface area (Å²) in [7, 11) is -1.76. The van der Waals surface area contributed by atoms with E-state index < -0.39 is 20.8 Å². The van der Waals surface area contributed by atoms with Crippen molar-refractivity contribution in [1.29, 1.82) is 0 Å². The third-order valence-corrected chi connectivity index (χ3v) is 5.58. The van der Waals surface area contributed by atoms with Gasteiger partial charge in [0.1, 0.15) is 17.6 Å². The average molecular weight is 421 g/mol. The van der Waals surface area contributed by atoms with Crippen molar-refractivity contribution in [3.63, 3.8) is 0 Å².